The molecule has 0 bridgehead atoms. The predicted octanol–water partition coefficient (Wildman–Crippen LogP) is 1.40. The van der Waals surface area contributed by atoms with E-state index in [1.165, 1.54) is 0 Å². The van der Waals surface area contributed by atoms with Crippen molar-refractivity contribution >= 4 is 23.6 Å². The summed E-state index contributed by atoms with van der Waals surface area (Å²) in [5, 5.41) is 5.56. The number of anilines is 1. The molecule has 0 saturated carbocycles. The van der Waals surface area contributed by atoms with Crippen molar-refractivity contribution in [3.05, 3.63) is 48.0 Å². The number of nitrogens with two attached hydrogens (primary N) is 1. The Morgan fingerprint density at radius 2 is 1.94 bits per heavy atom. The van der Waals surface area contributed by atoms with Gasteiger partial charge < -0.3 is 25.7 Å². The van der Waals surface area contributed by atoms with Crippen LogP contribution in [0.15, 0.2) is 36.7 Å². The fraction of sp³-hybridized carbons (Fsp3) is 0.455. The van der Waals surface area contributed by atoms with Crippen molar-refractivity contribution in [3.63, 3.8) is 0 Å². The average molecular weight is 443 g/mol. The highest BCUT2D eigenvalue weighted by molar-refractivity contribution is 5.86. The first-order valence-electron chi connectivity index (χ1n) is 10.7. The molecule has 0 unspecified atom stereocenters. The Kier molecular flexibility index (Phi) is 7.82. The number of carbonyl (C=O) groups is 3. The minimum atomic E-state index is -0.943. The van der Waals surface area contributed by atoms with Crippen molar-refractivity contribution in [2.45, 2.75) is 32.7 Å². The number of aromatic amines is 1. The molecule has 10 nitrogen and oxygen atoms in total. The molecule has 1 aromatic carbocycles. The lowest BCUT2D eigenvalue weighted by atomic mass is 9.78. The number of nitrogens with zero attached hydrogens (tertiary/aromatic N) is 2. The van der Waals surface area contributed by atoms with Gasteiger partial charge in [0.25, 0.3) is 0 Å². The Hall–Kier alpha value is -3.40. The SMILES string of the molecule is CCc1ccc(NC(=O)OCC2(C(=O)NCc3ncc[nH]3)CCN(C(=O)CN)CC2)cc1. The monoisotopic (exact) mass is 442 g/mol. The molecule has 32 heavy (non-hydrogen) atoms. The summed E-state index contributed by atoms with van der Waals surface area (Å²) in [5.74, 6) is 0.219. The van der Waals surface area contributed by atoms with Crippen molar-refractivity contribution in [1.29, 1.82) is 0 Å². The van der Waals surface area contributed by atoms with Gasteiger partial charge in [-0.3, -0.25) is 14.9 Å². The Balaban J connectivity index is 1.62. The van der Waals surface area contributed by atoms with E-state index in [-0.39, 0.29) is 31.5 Å². The highest BCUT2D eigenvalue weighted by Gasteiger charge is 2.43. The number of aromatic nitrogens is 2. The second-order valence-electron chi connectivity index (χ2n) is 7.84. The number of rotatable bonds is 8. The molecule has 1 fully saturated rings. The van der Waals surface area contributed by atoms with Gasteiger partial charge in [-0.25, -0.2) is 9.78 Å². The van der Waals surface area contributed by atoms with E-state index < -0.39 is 11.5 Å². The smallest absolute Gasteiger partial charge is 0.411 e. The molecular formula is C22H30N6O4. The highest BCUT2D eigenvalue weighted by atomic mass is 16.5. The molecule has 2 aromatic rings. The molecule has 3 amide bonds. The maximum Gasteiger partial charge on any atom is 0.411 e. The summed E-state index contributed by atoms with van der Waals surface area (Å²) in [6, 6.07) is 7.48. The predicted molar refractivity (Wildman–Crippen MR) is 119 cm³/mol. The van der Waals surface area contributed by atoms with Crippen LogP contribution >= 0.6 is 0 Å². The second kappa shape index (κ2) is 10.8. The van der Waals surface area contributed by atoms with Crippen LogP contribution in [0.1, 0.15) is 31.2 Å². The summed E-state index contributed by atoms with van der Waals surface area (Å²) in [7, 11) is 0. The van der Waals surface area contributed by atoms with E-state index in [2.05, 4.69) is 27.5 Å². The number of amides is 3. The third-order valence-corrected chi connectivity index (χ3v) is 5.79. The number of hydrogen-bond acceptors (Lipinski definition) is 6. The van der Waals surface area contributed by atoms with E-state index in [1.807, 2.05) is 24.3 Å². The summed E-state index contributed by atoms with van der Waals surface area (Å²) < 4.78 is 5.46. The molecule has 3 rings (SSSR count). The van der Waals surface area contributed by atoms with Crippen LogP contribution in [0.2, 0.25) is 0 Å². The van der Waals surface area contributed by atoms with E-state index in [1.54, 1.807) is 17.3 Å². The largest absolute Gasteiger partial charge is 0.448 e. The van der Waals surface area contributed by atoms with Gasteiger partial charge in [-0.1, -0.05) is 19.1 Å². The van der Waals surface area contributed by atoms with E-state index in [0.717, 1.165) is 12.0 Å². The van der Waals surface area contributed by atoms with Crippen molar-refractivity contribution < 1.29 is 19.1 Å². The van der Waals surface area contributed by atoms with Crippen molar-refractivity contribution in [3.8, 4) is 0 Å². The quantitative estimate of drug-likeness (QED) is 0.487. The van der Waals surface area contributed by atoms with Gasteiger partial charge in [0.2, 0.25) is 11.8 Å². The normalized spacial score (nSPS) is 15.1. The van der Waals surface area contributed by atoms with Crippen LogP contribution in [-0.4, -0.2) is 59.0 Å². The summed E-state index contributed by atoms with van der Waals surface area (Å²) in [4.78, 5) is 46.1. The van der Waals surface area contributed by atoms with Crippen molar-refractivity contribution in [2.24, 2.45) is 11.1 Å². The lowest BCUT2D eigenvalue weighted by molar-refractivity contribution is -0.142. The molecule has 0 atom stereocenters. The Morgan fingerprint density at radius 1 is 1.22 bits per heavy atom. The zero-order valence-corrected chi connectivity index (χ0v) is 18.2. The molecule has 1 aliphatic heterocycles. The van der Waals surface area contributed by atoms with Crippen molar-refractivity contribution in [1.82, 2.24) is 20.2 Å². The summed E-state index contributed by atoms with van der Waals surface area (Å²) in [6.45, 7) is 2.85. The van der Waals surface area contributed by atoms with Gasteiger partial charge in [0.1, 0.15) is 12.4 Å². The first-order valence-corrected chi connectivity index (χ1v) is 10.7. The van der Waals surface area contributed by atoms with Gasteiger partial charge in [-0.2, -0.15) is 0 Å². The van der Waals surface area contributed by atoms with Crippen LogP contribution in [0.5, 0.6) is 0 Å². The third-order valence-electron chi connectivity index (χ3n) is 5.79. The molecule has 5 N–H and O–H groups in total. The van der Waals surface area contributed by atoms with Crippen LogP contribution in [0.25, 0.3) is 0 Å². The maximum atomic E-state index is 13.1. The van der Waals surface area contributed by atoms with E-state index >= 15 is 0 Å². The number of piperidine rings is 1. The molecule has 0 spiro atoms. The van der Waals surface area contributed by atoms with Crippen LogP contribution < -0.4 is 16.4 Å². The first kappa shape index (κ1) is 23.3. The molecule has 1 aromatic heterocycles. The lowest BCUT2D eigenvalue weighted by Gasteiger charge is -2.40. The van der Waals surface area contributed by atoms with Gasteiger partial charge in [0, 0.05) is 31.2 Å². The van der Waals surface area contributed by atoms with Gasteiger partial charge in [-0.15, -0.1) is 0 Å². The Morgan fingerprint density at radius 3 is 2.53 bits per heavy atom. The molecule has 2 heterocycles. The molecular weight excluding hydrogens is 412 g/mol. The number of imidazole rings is 1. The zero-order chi connectivity index (χ0) is 23.0. The lowest BCUT2D eigenvalue weighted by Crippen LogP contribution is -2.53. The molecule has 1 aliphatic rings. The van der Waals surface area contributed by atoms with Crippen LogP contribution in [0.4, 0.5) is 10.5 Å². The number of carbonyl (C=O) groups excluding carboxylic acids is 3. The van der Waals surface area contributed by atoms with Gasteiger partial charge >= 0.3 is 6.09 Å². The first-order chi connectivity index (χ1) is 15.5. The van der Waals surface area contributed by atoms with E-state index in [9.17, 15) is 14.4 Å². The molecule has 0 radical (unpaired) electrons. The average Bonchev–Trinajstić information content (AvgIpc) is 3.35. The van der Waals surface area contributed by atoms with E-state index in [4.69, 9.17) is 10.5 Å². The summed E-state index contributed by atoms with van der Waals surface area (Å²) >= 11 is 0. The van der Waals surface area contributed by atoms with Crippen LogP contribution in [0, 0.1) is 5.41 Å². The van der Waals surface area contributed by atoms with Gasteiger partial charge in [0.05, 0.1) is 18.5 Å². The number of nitrogens with one attached hydrogen (secondary N) is 3. The van der Waals surface area contributed by atoms with Crippen molar-refractivity contribution in [2.75, 3.05) is 31.6 Å². The molecule has 172 valence electrons. The second-order valence-corrected chi connectivity index (χ2v) is 7.84. The highest BCUT2D eigenvalue weighted by Crippen LogP contribution is 2.33. The minimum absolute atomic E-state index is 0.0760. The van der Waals surface area contributed by atoms with Gasteiger partial charge in [0.15, 0.2) is 0 Å². The maximum absolute atomic E-state index is 13.1. The topological polar surface area (TPSA) is 142 Å². The van der Waals surface area contributed by atoms with Gasteiger partial charge in [-0.05, 0) is 37.0 Å². The number of benzene rings is 1. The summed E-state index contributed by atoms with van der Waals surface area (Å²) in [6.07, 6.45) is 4.28. The molecule has 0 aliphatic carbocycles. The van der Waals surface area contributed by atoms with Crippen LogP contribution in [0.3, 0.4) is 0 Å². The standard InChI is InChI=1S/C22H30N6O4/c1-2-16-3-5-17(6-4-16)27-21(31)32-15-22(7-11-28(12-8-22)19(29)13-23)20(30)26-14-18-24-9-10-25-18/h3-6,9-10H,2,7-8,11-15,23H2,1H3,(H,24,25)(H,26,30)(H,27,31). The minimum Gasteiger partial charge on any atom is -0.448 e. The van der Waals surface area contributed by atoms with E-state index in [0.29, 0.717) is 37.4 Å². The fourth-order valence-electron chi connectivity index (χ4n) is 3.68. The number of ether oxygens (including phenoxy) is 1. The Bertz CT molecular complexity index is 905. The fourth-order valence-corrected chi connectivity index (χ4v) is 3.68. The number of aryl methyl sites for hydroxylation is 1. The third kappa shape index (κ3) is 5.85. The van der Waals surface area contributed by atoms with Crippen LogP contribution in [-0.2, 0) is 27.3 Å². The summed E-state index contributed by atoms with van der Waals surface area (Å²) in [5.41, 5.74) is 6.30. The Labute approximate surface area is 186 Å². The number of H-pyrrole nitrogens is 1. The zero-order valence-electron chi connectivity index (χ0n) is 18.2. The number of likely N-dealkylation sites (tertiary alicyclic amines) is 1. The number of hydrogen-bond donors (Lipinski definition) is 4. The molecule has 1 saturated heterocycles. The molecule has 10 heteroatoms.